The lowest BCUT2D eigenvalue weighted by molar-refractivity contribution is -0.140. The highest BCUT2D eigenvalue weighted by atomic mass is 16.4. The Hall–Kier alpha value is -0.650. The molecule has 0 bridgehead atoms. The van der Waals surface area contributed by atoms with Crippen LogP contribution >= 0.6 is 0 Å². The molecule has 1 unspecified atom stereocenters. The summed E-state index contributed by atoms with van der Waals surface area (Å²) in [6.07, 6.45) is 0.827. The summed E-state index contributed by atoms with van der Waals surface area (Å²) in [5, 5.41) is 20.5. The van der Waals surface area contributed by atoms with Gasteiger partial charge in [-0.15, -0.1) is 0 Å². The molecular formula is C8H16N2O3. The van der Waals surface area contributed by atoms with Crippen molar-refractivity contribution in [2.45, 2.75) is 18.5 Å². The summed E-state index contributed by atoms with van der Waals surface area (Å²) < 4.78 is 0. The molecule has 1 aliphatic rings. The molecule has 1 aliphatic heterocycles. The van der Waals surface area contributed by atoms with Crippen molar-refractivity contribution in [2.75, 3.05) is 26.7 Å². The number of nitrogens with one attached hydrogen (secondary N) is 1. The van der Waals surface area contributed by atoms with Gasteiger partial charge in [0.15, 0.2) is 0 Å². The lowest BCUT2D eigenvalue weighted by Crippen LogP contribution is -2.47. The van der Waals surface area contributed by atoms with Crippen LogP contribution in [0.25, 0.3) is 0 Å². The van der Waals surface area contributed by atoms with E-state index in [0.717, 1.165) is 13.0 Å². The molecular weight excluding hydrogens is 172 g/mol. The monoisotopic (exact) mass is 188 g/mol. The van der Waals surface area contributed by atoms with Gasteiger partial charge in [-0.2, -0.15) is 0 Å². The van der Waals surface area contributed by atoms with Crippen molar-refractivity contribution in [3.05, 3.63) is 0 Å². The molecule has 1 fully saturated rings. The van der Waals surface area contributed by atoms with Gasteiger partial charge >= 0.3 is 5.97 Å². The van der Waals surface area contributed by atoms with Gasteiger partial charge in [0.1, 0.15) is 6.04 Å². The molecule has 0 radical (unpaired) electrons. The number of carboxylic acids is 1. The Morgan fingerprint density at radius 2 is 2.38 bits per heavy atom. The topological polar surface area (TPSA) is 72.8 Å². The number of aliphatic carboxylic acids is 1. The number of likely N-dealkylation sites (N-methyl/N-ethyl adjacent to an activating group) is 1. The number of aliphatic hydroxyl groups excluding tert-OH is 1. The smallest absolute Gasteiger partial charge is 0.322 e. The van der Waals surface area contributed by atoms with Crippen molar-refractivity contribution >= 4 is 5.97 Å². The molecule has 0 aliphatic carbocycles. The van der Waals surface area contributed by atoms with Gasteiger partial charge in [-0.3, -0.25) is 9.69 Å². The van der Waals surface area contributed by atoms with Gasteiger partial charge in [0, 0.05) is 12.6 Å². The number of carboxylic acid groups (broad SMARTS) is 1. The fourth-order valence-electron chi connectivity index (χ4n) is 1.74. The van der Waals surface area contributed by atoms with E-state index in [9.17, 15) is 4.79 Å². The number of hydrogen-bond donors (Lipinski definition) is 3. The van der Waals surface area contributed by atoms with Gasteiger partial charge in [0.05, 0.1) is 6.61 Å². The molecule has 2 atom stereocenters. The summed E-state index contributed by atoms with van der Waals surface area (Å²) in [5.41, 5.74) is 0. The van der Waals surface area contributed by atoms with Crippen LogP contribution in [0.4, 0.5) is 0 Å². The highest BCUT2D eigenvalue weighted by molar-refractivity contribution is 5.75. The third-order valence-electron chi connectivity index (χ3n) is 2.47. The number of rotatable bonds is 4. The molecule has 13 heavy (non-hydrogen) atoms. The summed E-state index contributed by atoms with van der Waals surface area (Å²) in [5.74, 6) is -0.813. The van der Waals surface area contributed by atoms with Crippen LogP contribution < -0.4 is 5.32 Å². The molecule has 1 saturated heterocycles. The lowest BCUT2D eigenvalue weighted by atomic mass is 10.1. The third-order valence-corrected chi connectivity index (χ3v) is 2.47. The first-order valence-electron chi connectivity index (χ1n) is 4.44. The fourth-order valence-corrected chi connectivity index (χ4v) is 1.74. The van der Waals surface area contributed by atoms with E-state index in [1.54, 1.807) is 0 Å². The van der Waals surface area contributed by atoms with Crippen molar-refractivity contribution in [1.82, 2.24) is 10.2 Å². The van der Waals surface area contributed by atoms with Crippen molar-refractivity contribution in [3.63, 3.8) is 0 Å². The Labute approximate surface area is 77.3 Å². The Bertz CT molecular complexity index is 186. The first-order chi connectivity index (χ1) is 6.16. The van der Waals surface area contributed by atoms with Crippen molar-refractivity contribution in [1.29, 1.82) is 0 Å². The van der Waals surface area contributed by atoms with Crippen LogP contribution in [-0.4, -0.2) is 59.9 Å². The molecule has 0 saturated carbocycles. The first kappa shape index (κ1) is 10.4. The molecule has 0 aromatic rings. The minimum atomic E-state index is -0.813. The van der Waals surface area contributed by atoms with E-state index in [-0.39, 0.29) is 12.6 Å². The molecule has 0 spiro atoms. The SMILES string of the molecule is CN(CCO)C1CCN[C@@H]1C(=O)O. The maximum absolute atomic E-state index is 10.8. The van der Waals surface area contributed by atoms with Crippen molar-refractivity contribution in [2.24, 2.45) is 0 Å². The van der Waals surface area contributed by atoms with Crippen LogP contribution in [-0.2, 0) is 4.79 Å². The van der Waals surface area contributed by atoms with Crippen LogP contribution in [0.15, 0.2) is 0 Å². The predicted octanol–water partition coefficient (Wildman–Crippen LogP) is -1.27. The van der Waals surface area contributed by atoms with Crippen LogP contribution in [0.3, 0.4) is 0 Å². The highest BCUT2D eigenvalue weighted by Gasteiger charge is 2.34. The molecule has 1 heterocycles. The average molecular weight is 188 g/mol. The zero-order valence-electron chi connectivity index (χ0n) is 7.73. The molecule has 5 nitrogen and oxygen atoms in total. The van der Waals surface area contributed by atoms with Crippen LogP contribution in [0.1, 0.15) is 6.42 Å². The number of aliphatic hydroxyl groups is 1. The quantitative estimate of drug-likeness (QED) is 0.513. The third kappa shape index (κ3) is 2.40. The van der Waals surface area contributed by atoms with E-state index >= 15 is 0 Å². The normalized spacial score (nSPS) is 28.2. The summed E-state index contributed by atoms with van der Waals surface area (Å²) >= 11 is 0. The Kier molecular flexibility index (Phi) is 3.65. The van der Waals surface area contributed by atoms with E-state index in [2.05, 4.69) is 5.32 Å². The van der Waals surface area contributed by atoms with E-state index in [1.807, 2.05) is 11.9 Å². The van der Waals surface area contributed by atoms with Crippen LogP contribution in [0, 0.1) is 0 Å². The van der Waals surface area contributed by atoms with E-state index in [1.165, 1.54) is 0 Å². The van der Waals surface area contributed by atoms with Crippen LogP contribution in [0.5, 0.6) is 0 Å². The molecule has 1 rings (SSSR count). The largest absolute Gasteiger partial charge is 0.480 e. The predicted molar refractivity (Wildman–Crippen MR) is 47.5 cm³/mol. The highest BCUT2D eigenvalue weighted by Crippen LogP contribution is 2.13. The van der Waals surface area contributed by atoms with Gasteiger partial charge < -0.3 is 15.5 Å². The van der Waals surface area contributed by atoms with Crippen LogP contribution in [0.2, 0.25) is 0 Å². The van der Waals surface area contributed by atoms with Gasteiger partial charge in [0.25, 0.3) is 0 Å². The molecule has 0 amide bonds. The van der Waals surface area contributed by atoms with Gasteiger partial charge in [0.2, 0.25) is 0 Å². The Morgan fingerprint density at radius 3 is 2.92 bits per heavy atom. The summed E-state index contributed by atoms with van der Waals surface area (Å²) in [6.45, 7) is 1.33. The minimum Gasteiger partial charge on any atom is -0.480 e. The minimum absolute atomic E-state index is 0.00431. The number of nitrogens with zero attached hydrogens (tertiary/aromatic N) is 1. The second-order valence-electron chi connectivity index (χ2n) is 3.33. The lowest BCUT2D eigenvalue weighted by Gasteiger charge is -2.26. The summed E-state index contributed by atoms with van der Waals surface area (Å²) in [6, 6.07) is -0.485. The fraction of sp³-hybridized carbons (Fsp3) is 0.875. The summed E-state index contributed by atoms with van der Waals surface area (Å²) in [4.78, 5) is 12.7. The first-order valence-corrected chi connectivity index (χ1v) is 4.44. The maximum atomic E-state index is 10.8. The molecule has 0 aromatic carbocycles. The van der Waals surface area contributed by atoms with Gasteiger partial charge in [-0.05, 0) is 20.0 Å². The molecule has 3 N–H and O–H groups in total. The summed E-state index contributed by atoms with van der Waals surface area (Å²) in [7, 11) is 1.84. The molecule has 5 heteroatoms. The van der Waals surface area contributed by atoms with E-state index in [4.69, 9.17) is 10.2 Å². The zero-order valence-corrected chi connectivity index (χ0v) is 7.73. The Balaban J connectivity index is 2.52. The standard InChI is InChI=1S/C8H16N2O3/c1-10(4-5-11)6-2-3-9-7(6)8(12)13/h6-7,9,11H,2-5H2,1H3,(H,12,13)/t6?,7-/m0/s1. The molecule has 76 valence electrons. The molecule has 0 aromatic heterocycles. The van der Waals surface area contributed by atoms with E-state index < -0.39 is 12.0 Å². The Morgan fingerprint density at radius 1 is 1.69 bits per heavy atom. The van der Waals surface area contributed by atoms with Gasteiger partial charge in [-0.25, -0.2) is 0 Å². The average Bonchev–Trinajstić information content (AvgIpc) is 2.52. The van der Waals surface area contributed by atoms with Crippen molar-refractivity contribution in [3.8, 4) is 0 Å². The zero-order chi connectivity index (χ0) is 9.84. The number of carbonyl (C=O) groups is 1. The van der Waals surface area contributed by atoms with E-state index in [0.29, 0.717) is 6.54 Å². The number of hydrogen-bond acceptors (Lipinski definition) is 4. The van der Waals surface area contributed by atoms with Gasteiger partial charge in [-0.1, -0.05) is 0 Å². The second kappa shape index (κ2) is 4.55. The second-order valence-corrected chi connectivity index (χ2v) is 3.33. The van der Waals surface area contributed by atoms with Crippen molar-refractivity contribution < 1.29 is 15.0 Å². The maximum Gasteiger partial charge on any atom is 0.322 e.